The van der Waals surface area contributed by atoms with Crippen molar-refractivity contribution in [1.82, 2.24) is 19.9 Å². The summed E-state index contributed by atoms with van der Waals surface area (Å²) in [6.07, 6.45) is 8.24. The third-order valence-corrected chi connectivity index (χ3v) is 6.50. The molecule has 1 aliphatic heterocycles. The Morgan fingerprint density at radius 2 is 1.97 bits per heavy atom. The fourth-order valence-electron chi connectivity index (χ4n) is 3.06. The number of halogens is 1. The van der Waals surface area contributed by atoms with Gasteiger partial charge < -0.3 is 4.90 Å². The molecular formula is C21H23IN6S. The van der Waals surface area contributed by atoms with Crippen molar-refractivity contribution in [2.75, 3.05) is 23.3 Å². The first kappa shape index (κ1) is 20.2. The number of anilines is 3. The van der Waals surface area contributed by atoms with Crippen molar-refractivity contribution in [2.24, 2.45) is 0 Å². The van der Waals surface area contributed by atoms with E-state index in [-0.39, 0.29) is 0 Å². The fraction of sp³-hybridized carbons (Fsp3) is 0.333. The van der Waals surface area contributed by atoms with E-state index < -0.39 is 0 Å². The Labute approximate surface area is 188 Å². The molecule has 0 amide bonds. The second-order valence-electron chi connectivity index (χ2n) is 7.25. The predicted octanol–water partition coefficient (Wildman–Crippen LogP) is 5.57. The van der Waals surface area contributed by atoms with Crippen molar-refractivity contribution >= 4 is 63.1 Å². The van der Waals surface area contributed by atoms with Gasteiger partial charge in [0, 0.05) is 27.7 Å². The Morgan fingerprint density at radius 1 is 1.14 bits per heavy atom. The first-order valence-electron chi connectivity index (χ1n) is 9.74. The van der Waals surface area contributed by atoms with Crippen LogP contribution < -0.4 is 10.2 Å². The molecule has 150 valence electrons. The number of nitrogens with one attached hydrogen (secondary N) is 1. The summed E-state index contributed by atoms with van der Waals surface area (Å²) in [4.78, 5) is 21.9. The summed E-state index contributed by atoms with van der Waals surface area (Å²) in [5.74, 6) is 2.36. The summed E-state index contributed by atoms with van der Waals surface area (Å²) in [5, 5.41) is 4.08. The minimum absolute atomic E-state index is 0.453. The van der Waals surface area contributed by atoms with Gasteiger partial charge in [0.1, 0.15) is 0 Å². The molecule has 6 nitrogen and oxygen atoms in total. The topological polar surface area (TPSA) is 66.8 Å². The van der Waals surface area contributed by atoms with E-state index in [1.54, 1.807) is 11.3 Å². The van der Waals surface area contributed by atoms with E-state index >= 15 is 0 Å². The Hall–Kier alpha value is -2.07. The first-order chi connectivity index (χ1) is 14.1. The molecule has 0 saturated carbocycles. The summed E-state index contributed by atoms with van der Waals surface area (Å²) in [6, 6.07) is 8.32. The number of aromatic nitrogens is 4. The molecule has 3 heterocycles. The Morgan fingerprint density at radius 3 is 2.69 bits per heavy atom. The summed E-state index contributed by atoms with van der Waals surface area (Å²) in [7, 11) is 0. The van der Waals surface area contributed by atoms with E-state index in [0.29, 0.717) is 17.7 Å². The van der Waals surface area contributed by atoms with E-state index in [2.05, 4.69) is 84.8 Å². The van der Waals surface area contributed by atoms with Crippen molar-refractivity contribution in [3.8, 4) is 0 Å². The average Bonchev–Trinajstić information content (AvgIpc) is 3.38. The zero-order valence-electron chi connectivity index (χ0n) is 16.5. The molecule has 1 N–H and O–H groups in total. The van der Waals surface area contributed by atoms with Crippen LogP contribution in [0.5, 0.6) is 0 Å². The van der Waals surface area contributed by atoms with E-state index in [1.807, 2.05) is 24.4 Å². The van der Waals surface area contributed by atoms with Gasteiger partial charge in [0.2, 0.25) is 11.9 Å². The summed E-state index contributed by atoms with van der Waals surface area (Å²) in [6.45, 7) is 6.30. The standard InChI is InChI=1S/C21H23IN6S/c1-14(2)17-13-23-21(29-17)27-19-24-18(9-8-15-6-5-7-16(22)12-15)25-20(26-19)28-10-3-4-11-28/h5-9,12-14H,3-4,10-11H2,1-2H3,(H,23,24,25,26,27)/b9-8+. The summed E-state index contributed by atoms with van der Waals surface area (Å²) >= 11 is 3.95. The quantitative estimate of drug-likeness (QED) is 0.431. The Bertz CT molecular complexity index is 1010. The average molecular weight is 518 g/mol. The zero-order valence-corrected chi connectivity index (χ0v) is 19.4. The number of nitrogens with zero attached hydrogens (tertiary/aromatic N) is 5. The van der Waals surface area contributed by atoms with Crippen LogP contribution in [0.1, 0.15) is 48.9 Å². The van der Waals surface area contributed by atoms with Gasteiger partial charge in [0.25, 0.3) is 0 Å². The molecule has 2 aromatic heterocycles. The smallest absolute Gasteiger partial charge is 0.234 e. The minimum atomic E-state index is 0.453. The molecule has 0 radical (unpaired) electrons. The number of benzene rings is 1. The van der Waals surface area contributed by atoms with Gasteiger partial charge in [-0.1, -0.05) is 32.1 Å². The molecular weight excluding hydrogens is 495 g/mol. The van der Waals surface area contributed by atoms with Gasteiger partial charge in [0.15, 0.2) is 11.0 Å². The van der Waals surface area contributed by atoms with Crippen LogP contribution in [0.2, 0.25) is 0 Å². The van der Waals surface area contributed by atoms with Gasteiger partial charge in [-0.3, -0.25) is 5.32 Å². The van der Waals surface area contributed by atoms with Gasteiger partial charge in [-0.25, -0.2) is 4.98 Å². The van der Waals surface area contributed by atoms with Crippen LogP contribution in [0.25, 0.3) is 12.2 Å². The van der Waals surface area contributed by atoms with Gasteiger partial charge in [0.05, 0.1) is 0 Å². The van der Waals surface area contributed by atoms with Crippen LogP contribution in [-0.4, -0.2) is 33.0 Å². The maximum absolute atomic E-state index is 4.69. The van der Waals surface area contributed by atoms with Gasteiger partial charge in [-0.05, 0) is 65.1 Å². The van der Waals surface area contributed by atoms with E-state index in [0.717, 1.165) is 29.7 Å². The highest BCUT2D eigenvalue weighted by molar-refractivity contribution is 14.1. The minimum Gasteiger partial charge on any atom is -0.341 e. The highest BCUT2D eigenvalue weighted by Crippen LogP contribution is 2.27. The predicted molar refractivity (Wildman–Crippen MR) is 129 cm³/mol. The summed E-state index contributed by atoms with van der Waals surface area (Å²) < 4.78 is 1.20. The van der Waals surface area contributed by atoms with Crippen LogP contribution in [0, 0.1) is 3.57 Å². The number of hydrogen-bond acceptors (Lipinski definition) is 7. The normalized spacial score (nSPS) is 14.3. The maximum atomic E-state index is 4.69. The molecule has 4 rings (SSSR count). The third kappa shape index (κ3) is 5.30. The van der Waals surface area contributed by atoms with E-state index in [9.17, 15) is 0 Å². The maximum Gasteiger partial charge on any atom is 0.234 e. The van der Waals surface area contributed by atoms with Crippen LogP contribution in [-0.2, 0) is 0 Å². The van der Waals surface area contributed by atoms with Crippen LogP contribution >= 0.6 is 33.9 Å². The highest BCUT2D eigenvalue weighted by Gasteiger charge is 2.17. The van der Waals surface area contributed by atoms with Gasteiger partial charge in [-0.2, -0.15) is 15.0 Å². The van der Waals surface area contributed by atoms with Gasteiger partial charge >= 0.3 is 0 Å². The number of thiazole rings is 1. The second-order valence-corrected chi connectivity index (χ2v) is 9.56. The van der Waals surface area contributed by atoms with Gasteiger partial charge in [-0.15, -0.1) is 11.3 Å². The SMILES string of the molecule is CC(C)c1cnc(Nc2nc(/C=C/c3cccc(I)c3)nc(N3CCCC3)n2)s1. The highest BCUT2D eigenvalue weighted by atomic mass is 127. The van der Waals surface area contributed by atoms with Crippen LogP contribution in [0.3, 0.4) is 0 Å². The molecule has 0 spiro atoms. The lowest BCUT2D eigenvalue weighted by Crippen LogP contribution is -2.21. The molecule has 29 heavy (non-hydrogen) atoms. The largest absolute Gasteiger partial charge is 0.341 e. The molecule has 1 saturated heterocycles. The molecule has 0 atom stereocenters. The third-order valence-electron chi connectivity index (χ3n) is 4.61. The van der Waals surface area contributed by atoms with Crippen molar-refractivity contribution in [3.63, 3.8) is 0 Å². The Kier molecular flexibility index (Phi) is 6.39. The lowest BCUT2D eigenvalue weighted by molar-refractivity contribution is 0.877. The molecule has 1 aliphatic rings. The van der Waals surface area contributed by atoms with Crippen LogP contribution in [0.4, 0.5) is 17.0 Å². The van der Waals surface area contributed by atoms with Crippen molar-refractivity contribution < 1.29 is 0 Å². The van der Waals surface area contributed by atoms with Crippen molar-refractivity contribution in [3.05, 3.63) is 50.3 Å². The second kappa shape index (κ2) is 9.17. The monoisotopic (exact) mass is 518 g/mol. The van der Waals surface area contributed by atoms with E-state index in [1.165, 1.54) is 21.3 Å². The molecule has 8 heteroatoms. The lowest BCUT2D eigenvalue weighted by atomic mass is 10.2. The van der Waals surface area contributed by atoms with E-state index in [4.69, 9.17) is 0 Å². The van der Waals surface area contributed by atoms with Crippen molar-refractivity contribution in [1.29, 1.82) is 0 Å². The zero-order chi connectivity index (χ0) is 20.2. The molecule has 0 bridgehead atoms. The number of rotatable bonds is 6. The molecule has 0 aliphatic carbocycles. The molecule has 3 aromatic rings. The van der Waals surface area contributed by atoms with Crippen LogP contribution in [0.15, 0.2) is 30.5 Å². The fourth-order valence-corrected chi connectivity index (χ4v) is 4.44. The lowest BCUT2D eigenvalue weighted by Gasteiger charge is -2.16. The molecule has 1 fully saturated rings. The number of hydrogen-bond donors (Lipinski definition) is 1. The van der Waals surface area contributed by atoms with Crippen molar-refractivity contribution in [2.45, 2.75) is 32.6 Å². The Balaban J connectivity index is 1.62. The molecule has 0 unspecified atom stereocenters. The summed E-state index contributed by atoms with van der Waals surface area (Å²) in [5.41, 5.74) is 1.12. The molecule has 1 aromatic carbocycles. The first-order valence-corrected chi connectivity index (χ1v) is 11.6.